The van der Waals surface area contributed by atoms with E-state index in [4.69, 9.17) is 5.73 Å². The SMILES string of the molecule is Nc1ncnc2c1Cc1[nH]cnc1C2. The van der Waals surface area contributed by atoms with Gasteiger partial charge in [0.25, 0.3) is 0 Å². The molecule has 0 saturated heterocycles. The highest BCUT2D eigenvalue weighted by Crippen LogP contribution is 2.25. The third-order valence-corrected chi connectivity index (χ3v) is 2.56. The second-order valence-electron chi connectivity index (χ2n) is 3.37. The van der Waals surface area contributed by atoms with E-state index in [-0.39, 0.29) is 0 Å². The third-order valence-electron chi connectivity index (χ3n) is 2.56. The molecule has 70 valence electrons. The Morgan fingerprint density at radius 3 is 3.00 bits per heavy atom. The van der Waals surface area contributed by atoms with Crippen LogP contribution < -0.4 is 5.73 Å². The average molecular weight is 187 g/mol. The van der Waals surface area contributed by atoms with Gasteiger partial charge in [0.15, 0.2) is 0 Å². The van der Waals surface area contributed by atoms with Crippen molar-refractivity contribution in [2.45, 2.75) is 12.8 Å². The molecule has 0 spiro atoms. The van der Waals surface area contributed by atoms with Crippen LogP contribution >= 0.6 is 0 Å². The van der Waals surface area contributed by atoms with Crippen molar-refractivity contribution in [3.8, 4) is 0 Å². The van der Waals surface area contributed by atoms with Crippen LogP contribution in [0.2, 0.25) is 0 Å². The van der Waals surface area contributed by atoms with Gasteiger partial charge in [-0.15, -0.1) is 0 Å². The van der Waals surface area contributed by atoms with E-state index in [0.29, 0.717) is 5.82 Å². The molecule has 0 atom stereocenters. The second kappa shape index (κ2) is 2.54. The van der Waals surface area contributed by atoms with Gasteiger partial charge in [-0.1, -0.05) is 0 Å². The van der Waals surface area contributed by atoms with Gasteiger partial charge >= 0.3 is 0 Å². The van der Waals surface area contributed by atoms with E-state index >= 15 is 0 Å². The van der Waals surface area contributed by atoms with Gasteiger partial charge in [0, 0.05) is 24.1 Å². The van der Waals surface area contributed by atoms with Gasteiger partial charge in [0.05, 0.1) is 17.7 Å². The van der Waals surface area contributed by atoms with E-state index in [0.717, 1.165) is 35.5 Å². The Bertz CT molecular complexity index is 488. The predicted molar refractivity (Wildman–Crippen MR) is 50.6 cm³/mol. The highest BCUT2D eigenvalue weighted by molar-refractivity contribution is 5.48. The maximum atomic E-state index is 5.78. The molecule has 0 radical (unpaired) electrons. The molecular weight excluding hydrogens is 178 g/mol. The summed E-state index contributed by atoms with van der Waals surface area (Å²) in [6, 6.07) is 0. The first kappa shape index (κ1) is 7.49. The summed E-state index contributed by atoms with van der Waals surface area (Å²) in [6.45, 7) is 0. The van der Waals surface area contributed by atoms with Gasteiger partial charge in [-0.3, -0.25) is 0 Å². The first-order chi connectivity index (χ1) is 6.84. The van der Waals surface area contributed by atoms with Crippen LogP contribution in [0.5, 0.6) is 0 Å². The van der Waals surface area contributed by atoms with Gasteiger partial charge < -0.3 is 10.7 Å². The number of aromatic nitrogens is 4. The highest BCUT2D eigenvalue weighted by atomic mass is 14.9. The maximum Gasteiger partial charge on any atom is 0.130 e. The molecule has 0 aromatic carbocycles. The van der Waals surface area contributed by atoms with Crippen molar-refractivity contribution in [2.24, 2.45) is 0 Å². The summed E-state index contributed by atoms with van der Waals surface area (Å²) >= 11 is 0. The average Bonchev–Trinajstić information content (AvgIpc) is 2.62. The summed E-state index contributed by atoms with van der Waals surface area (Å²) < 4.78 is 0. The number of nitrogen functional groups attached to an aromatic ring is 1. The molecule has 0 unspecified atom stereocenters. The van der Waals surface area contributed by atoms with Crippen molar-refractivity contribution in [2.75, 3.05) is 5.73 Å². The summed E-state index contributed by atoms with van der Waals surface area (Å²) in [5.74, 6) is 0.579. The number of aromatic amines is 1. The number of anilines is 1. The second-order valence-corrected chi connectivity index (χ2v) is 3.37. The van der Waals surface area contributed by atoms with Crippen molar-refractivity contribution >= 4 is 5.82 Å². The number of nitrogens with one attached hydrogen (secondary N) is 1. The van der Waals surface area contributed by atoms with Crippen molar-refractivity contribution in [3.05, 3.63) is 35.3 Å². The number of H-pyrrole nitrogens is 1. The third kappa shape index (κ3) is 0.921. The zero-order chi connectivity index (χ0) is 9.54. The van der Waals surface area contributed by atoms with Gasteiger partial charge in [0.1, 0.15) is 12.1 Å². The highest BCUT2D eigenvalue weighted by Gasteiger charge is 2.20. The number of rotatable bonds is 0. The van der Waals surface area contributed by atoms with Crippen molar-refractivity contribution in [1.29, 1.82) is 0 Å². The van der Waals surface area contributed by atoms with E-state index < -0.39 is 0 Å². The molecule has 5 heteroatoms. The van der Waals surface area contributed by atoms with Gasteiger partial charge in [-0.25, -0.2) is 15.0 Å². The normalized spacial score (nSPS) is 13.4. The number of fused-ring (bicyclic) bond motifs is 2. The summed E-state index contributed by atoms with van der Waals surface area (Å²) in [7, 11) is 0. The topological polar surface area (TPSA) is 80.5 Å². The molecule has 0 saturated carbocycles. The zero-order valence-electron chi connectivity index (χ0n) is 7.49. The van der Waals surface area contributed by atoms with Gasteiger partial charge in [-0.2, -0.15) is 0 Å². The van der Waals surface area contributed by atoms with E-state index in [1.807, 2.05) is 0 Å². The van der Waals surface area contributed by atoms with Crippen LogP contribution in [-0.2, 0) is 12.8 Å². The van der Waals surface area contributed by atoms with E-state index in [1.165, 1.54) is 6.33 Å². The predicted octanol–water partition coefficient (Wildman–Crippen LogP) is 0.277. The Morgan fingerprint density at radius 2 is 2.07 bits per heavy atom. The number of hydrogen-bond donors (Lipinski definition) is 2. The van der Waals surface area contributed by atoms with Crippen LogP contribution in [0, 0.1) is 0 Å². The van der Waals surface area contributed by atoms with Gasteiger partial charge in [-0.05, 0) is 0 Å². The summed E-state index contributed by atoms with van der Waals surface area (Å²) in [5, 5.41) is 0. The minimum absolute atomic E-state index is 0.579. The number of imidazole rings is 1. The molecule has 0 bridgehead atoms. The Kier molecular flexibility index (Phi) is 1.36. The molecule has 5 nitrogen and oxygen atoms in total. The minimum Gasteiger partial charge on any atom is -0.383 e. The molecule has 3 N–H and O–H groups in total. The van der Waals surface area contributed by atoms with E-state index in [9.17, 15) is 0 Å². The zero-order valence-corrected chi connectivity index (χ0v) is 7.49. The lowest BCUT2D eigenvalue weighted by Crippen LogP contribution is -2.12. The molecule has 3 rings (SSSR count). The Morgan fingerprint density at radius 1 is 1.14 bits per heavy atom. The fraction of sp³-hybridized carbons (Fsp3) is 0.222. The minimum atomic E-state index is 0.579. The van der Waals surface area contributed by atoms with Crippen LogP contribution in [0.25, 0.3) is 0 Å². The largest absolute Gasteiger partial charge is 0.383 e. The molecule has 0 fully saturated rings. The van der Waals surface area contributed by atoms with E-state index in [1.54, 1.807) is 6.33 Å². The van der Waals surface area contributed by atoms with Crippen molar-refractivity contribution in [3.63, 3.8) is 0 Å². The van der Waals surface area contributed by atoms with Crippen LogP contribution in [0.1, 0.15) is 22.6 Å². The number of nitrogens with two attached hydrogens (primary N) is 1. The van der Waals surface area contributed by atoms with Crippen LogP contribution in [0.4, 0.5) is 5.82 Å². The van der Waals surface area contributed by atoms with Crippen molar-refractivity contribution in [1.82, 2.24) is 19.9 Å². The molecule has 2 aromatic rings. The summed E-state index contributed by atoms with van der Waals surface area (Å²) in [6.07, 6.45) is 4.73. The number of hydrogen-bond acceptors (Lipinski definition) is 4. The Balaban J connectivity index is 2.17. The van der Waals surface area contributed by atoms with E-state index in [2.05, 4.69) is 19.9 Å². The molecule has 14 heavy (non-hydrogen) atoms. The van der Waals surface area contributed by atoms with Crippen molar-refractivity contribution < 1.29 is 0 Å². The van der Waals surface area contributed by atoms with Crippen LogP contribution in [-0.4, -0.2) is 19.9 Å². The monoisotopic (exact) mass is 187 g/mol. The summed E-state index contributed by atoms with van der Waals surface area (Å²) in [4.78, 5) is 15.5. The first-order valence-electron chi connectivity index (χ1n) is 4.44. The lowest BCUT2D eigenvalue weighted by molar-refractivity contribution is 0.887. The molecule has 0 amide bonds. The van der Waals surface area contributed by atoms with Crippen LogP contribution in [0.15, 0.2) is 12.7 Å². The lowest BCUT2D eigenvalue weighted by atomic mass is 9.97. The molecule has 2 aromatic heterocycles. The molecule has 0 aliphatic heterocycles. The smallest absolute Gasteiger partial charge is 0.130 e. The Hall–Kier alpha value is -1.91. The lowest BCUT2D eigenvalue weighted by Gasteiger charge is -2.14. The molecule has 2 heterocycles. The fourth-order valence-corrected chi connectivity index (χ4v) is 1.80. The number of nitrogens with zero attached hydrogens (tertiary/aromatic N) is 3. The fourth-order valence-electron chi connectivity index (χ4n) is 1.80. The molecular formula is C9H9N5. The first-order valence-corrected chi connectivity index (χ1v) is 4.44. The summed E-state index contributed by atoms with van der Waals surface area (Å²) in [5.41, 5.74) is 10.0. The molecule has 1 aliphatic carbocycles. The maximum absolute atomic E-state index is 5.78. The molecule has 1 aliphatic rings. The quantitative estimate of drug-likeness (QED) is 0.529. The standard InChI is InChI=1S/C9H9N5/c10-9-5-1-7-8(13-3-12-7)2-6(5)11-4-14-9/h3-4H,1-2H2,(H,12,13)(H2,10,11,14). The van der Waals surface area contributed by atoms with Crippen LogP contribution in [0.3, 0.4) is 0 Å². The van der Waals surface area contributed by atoms with Gasteiger partial charge in [0.2, 0.25) is 0 Å². The Labute approximate surface area is 80.4 Å².